The first-order chi connectivity index (χ1) is 20.0. The highest BCUT2D eigenvalue weighted by Crippen LogP contribution is 2.43. The van der Waals surface area contributed by atoms with E-state index in [-0.39, 0.29) is 24.2 Å². The van der Waals surface area contributed by atoms with Crippen molar-refractivity contribution < 1.29 is 14.0 Å². The molecule has 2 heterocycles. The Morgan fingerprint density at radius 3 is 2.15 bits per heavy atom. The lowest BCUT2D eigenvalue weighted by Crippen LogP contribution is -2.48. The average molecular weight is 564 g/mol. The number of halogens is 1. The molecule has 0 N–H and O–H groups in total. The predicted molar refractivity (Wildman–Crippen MR) is 162 cm³/mol. The van der Waals surface area contributed by atoms with Crippen LogP contribution in [0.15, 0.2) is 113 Å². The van der Waals surface area contributed by atoms with Crippen LogP contribution in [0.25, 0.3) is 6.08 Å². The smallest absolute Gasteiger partial charge is 0.265 e. The summed E-state index contributed by atoms with van der Waals surface area (Å²) in [5.74, 6) is -0.497. The topological polar surface area (TPSA) is 43.9 Å². The van der Waals surface area contributed by atoms with Gasteiger partial charge in [-0.05, 0) is 53.1 Å². The minimum Gasteiger partial charge on any atom is -0.336 e. The monoisotopic (exact) mass is 563 g/mol. The molecule has 4 aromatic rings. The third-order valence-corrected chi connectivity index (χ3v) is 8.51. The summed E-state index contributed by atoms with van der Waals surface area (Å²) in [6.07, 6.45) is 1.89. The maximum absolute atomic E-state index is 13.8. The molecule has 2 amide bonds. The molecule has 7 heteroatoms. The highest BCUT2D eigenvalue weighted by atomic mass is 32.2. The molecule has 206 valence electrons. The van der Waals surface area contributed by atoms with Crippen LogP contribution in [0.3, 0.4) is 0 Å². The summed E-state index contributed by atoms with van der Waals surface area (Å²) >= 11 is 1.41. The summed E-state index contributed by atoms with van der Waals surface area (Å²) in [4.78, 5) is 34.8. The molecule has 41 heavy (non-hydrogen) atoms. The van der Waals surface area contributed by atoms with Crippen molar-refractivity contribution in [3.05, 3.63) is 136 Å². The van der Waals surface area contributed by atoms with E-state index >= 15 is 0 Å². The fourth-order valence-corrected chi connectivity index (χ4v) is 6.25. The summed E-state index contributed by atoms with van der Waals surface area (Å²) in [6, 6.07) is 31.9. The Hall–Kier alpha value is -4.20. The standard InChI is InChI=1S/C34H30FN3O2S/c35-29-14-11-27(12-15-29)24-38-30-22-28(13-16-31(30)41-32(34(38)40)21-25-7-3-1-4-8-25)33(39)37-19-17-36(18-20-37)23-26-9-5-2-6-10-26/h1-16,21-22H,17-20,23-24H2/b32-21-. The fraction of sp³-hybridized carbons (Fsp3) is 0.176. The zero-order valence-electron chi connectivity index (χ0n) is 22.6. The maximum atomic E-state index is 13.8. The second-order valence-corrected chi connectivity index (χ2v) is 11.4. The summed E-state index contributed by atoms with van der Waals surface area (Å²) < 4.78 is 13.6. The van der Waals surface area contributed by atoms with Crippen molar-refractivity contribution in [1.29, 1.82) is 0 Å². The summed E-state index contributed by atoms with van der Waals surface area (Å²) in [7, 11) is 0. The molecule has 4 aromatic carbocycles. The van der Waals surface area contributed by atoms with Crippen molar-refractivity contribution in [2.75, 3.05) is 31.1 Å². The Morgan fingerprint density at radius 1 is 0.780 bits per heavy atom. The van der Waals surface area contributed by atoms with E-state index in [1.165, 1.54) is 29.5 Å². The Bertz CT molecular complexity index is 1570. The molecule has 0 radical (unpaired) electrons. The molecule has 2 aliphatic rings. The number of hydrogen-bond donors (Lipinski definition) is 0. The van der Waals surface area contributed by atoms with E-state index in [9.17, 15) is 14.0 Å². The van der Waals surface area contributed by atoms with E-state index in [4.69, 9.17) is 0 Å². The largest absolute Gasteiger partial charge is 0.336 e. The SMILES string of the molecule is O=C(c1ccc2c(c1)N(Cc1ccc(F)cc1)C(=O)/C(=C/c1ccccc1)S2)N1CCN(Cc2ccccc2)CC1. The first-order valence-electron chi connectivity index (χ1n) is 13.7. The van der Waals surface area contributed by atoms with Gasteiger partial charge in [0.25, 0.3) is 11.8 Å². The Kier molecular flexibility index (Phi) is 7.98. The molecule has 6 rings (SSSR count). The normalized spacial score (nSPS) is 16.6. The highest BCUT2D eigenvalue weighted by molar-refractivity contribution is 8.04. The van der Waals surface area contributed by atoms with Gasteiger partial charge in [0.2, 0.25) is 0 Å². The Balaban J connectivity index is 1.24. The molecule has 2 aliphatic heterocycles. The van der Waals surface area contributed by atoms with Crippen LogP contribution in [0.2, 0.25) is 0 Å². The van der Waals surface area contributed by atoms with E-state index in [1.807, 2.05) is 77.7 Å². The van der Waals surface area contributed by atoms with Gasteiger partial charge in [0.1, 0.15) is 5.82 Å². The molecule has 0 saturated carbocycles. The zero-order valence-corrected chi connectivity index (χ0v) is 23.4. The Morgan fingerprint density at radius 2 is 1.44 bits per heavy atom. The van der Waals surface area contributed by atoms with Crippen LogP contribution in [-0.2, 0) is 17.9 Å². The zero-order chi connectivity index (χ0) is 28.2. The highest BCUT2D eigenvalue weighted by Gasteiger charge is 2.31. The lowest BCUT2D eigenvalue weighted by atomic mass is 10.1. The maximum Gasteiger partial charge on any atom is 0.265 e. The molecule has 0 unspecified atom stereocenters. The number of anilines is 1. The second-order valence-electron chi connectivity index (χ2n) is 10.3. The molecule has 0 aromatic heterocycles. The van der Waals surface area contributed by atoms with Gasteiger partial charge >= 0.3 is 0 Å². The number of carbonyl (C=O) groups is 2. The predicted octanol–water partition coefficient (Wildman–Crippen LogP) is 6.46. The minimum absolute atomic E-state index is 0.0306. The van der Waals surface area contributed by atoms with Gasteiger partial charge in [-0.3, -0.25) is 14.5 Å². The van der Waals surface area contributed by atoms with Crippen molar-refractivity contribution >= 4 is 35.3 Å². The lowest BCUT2D eigenvalue weighted by Gasteiger charge is -2.35. The summed E-state index contributed by atoms with van der Waals surface area (Å²) in [5, 5.41) is 0. The number of fused-ring (bicyclic) bond motifs is 1. The number of carbonyl (C=O) groups excluding carboxylic acids is 2. The number of hydrogen-bond acceptors (Lipinski definition) is 4. The molecule has 1 fully saturated rings. The van der Waals surface area contributed by atoms with Gasteiger partial charge in [0.15, 0.2) is 0 Å². The summed E-state index contributed by atoms with van der Waals surface area (Å²) in [5.41, 5.74) is 4.28. The molecule has 0 atom stereocenters. The molecular formula is C34H30FN3O2S. The third kappa shape index (κ3) is 6.26. The number of piperazine rings is 1. The summed E-state index contributed by atoms with van der Waals surface area (Å²) in [6.45, 7) is 4.07. The number of rotatable bonds is 6. The van der Waals surface area contributed by atoms with Gasteiger partial charge < -0.3 is 9.80 Å². The fourth-order valence-electron chi connectivity index (χ4n) is 5.21. The van der Waals surface area contributed by atoms with E-state index in [0.29, 0.717) is 29.2 Å². The number of benzene rings is 4. The van der Waals surface area contributed by atoms with Gasteiger partial charge in [-0.2, -0.15) is 0 Å². The van der Waals surface area contributed by atoms with Gasteiger partial charge in [-0.15, -0.1) is 0 Å². The van der Waals surface area contributed by atoms with Crippen LogP contribution >= 0.6 is 11.8 Å². The lowest BCUT2D eigenvalue weighted by molar-refractivity contribution is -0.114. The van der Waals surface area contributed by atoms with Crippen molar-refractivity contribution in [3.8, 4) is 0 Å². The molecule has 0 spiro atoms. The molecule has 5 nitrogen and oxygen atoms in total. The van der Waals surface area contributed by atoms with E-state index in [2.05, 4.69) is 17.0 Å². The molecule has 1 saturated heterocycles. The van der Waals surface area contributed by atoms with Crippen LogP contribution in [0.1, 0.15) is 27.0 Å². The van der Waals surface area contributed by atoms with E-state index < -0.39 is 0 Å². The van der Waals surface area contributed by atoms with Crippen LogP contribution in [0.4, 0.5) is 10.1 Å². The van der Waals surface area contributed by atoms with E-state index in [0.717, 1.165) is 35.7 Å². The van der Waals surface area contributed by atoms with Crippen molar-refractivity contribution in [2.45, 2.75) is 18.0 Å². The number of nitrogens with zero attached hydrogens (tertiary/aromatic N) is 3. The van der Waals surface area contributed by atoms with Crippen molar-refractivity contribution in [1.82, 2.24) is 9.80 Å². The van der Waals surface area contributed by atoms with E-state index in [1.54, 1.807) is 17.0 Å². The Labute approximate surface area is 243 Å². The van der Waals surface area contributed by atoms with Crippen molar-refractivity contribution in [3.63, 3.8) is 0 Å². The molecular weight excluding hydrogens is 533 g/mol. The van der Waals surface area contributed by atoms with Crippen LogP contribution in [0, 0.1) is 5.82 Å². The third-order valence-electron chi connectivity index (χ3n) is 7.43. The number of thioether (sulfide) groups is 1. The van der Waals surface area contributed by atoms with Crippen LogP contribution in [0.5, 0.6) is 0 Å². The van der Waals surface area contributed by atoms with Gasteiger partial charge in [-0.25, -0.2) is 4.39 Å². The quantitative estimate of drug-likeness (QED) is 0.253. The first kappa shape index (κ1) is 27.0. The first-order valence-corrected chi connectivity index (χ1v) is 14.6. The second kappa shape index (κ2) is 12.1. The van der Waals surface area contributed by atoms with Crippen LogP contribution in [-0.4, -0.2) is 47.8 Å². The average Bonchev–Trinajstić information content (AvgIpc) is 3.01. The van der Waals surface area contributed by atoms with Gasteiger partial charge in [-0.1, -0.05) is 84.6 Å². The minimum atomic E-state index is -0.323. The van der Waals surface area contributed by atoms with Crippen LogP contribution < -0.4 is 4.90 Å². The number of amides is 2. The van der Waals surface area contributed by atoms with Gasteiger partial charge in [0.05, 0.1) is 17.1 Å². The van der Waals surface area contributed by atoms with Gasteiger partial charge in [0, 0.05) is 43.2 Å². The molecule has 0 aliphatic carbocycles. The molecule has 0 bridgehead atoms. The van der Waals surface area contributed by atoms with Crippen molar-refractivity contribution in [2.24, 2.45) is 0 Å².